The van der Waals surface area contributed by atoms with Crippen LogP contribution in [0.5, 0.6) is 0 Å². The summed E-state index contributed by atoms with van der Waals surface area (Å²) >= 11 is 0. The molecule has 2 saturated carbocycles. The van der Waals surface area contributed by atoms with Crippen LogP contribution in [0.4, 0.5) is 4.79 Å². The minimum atomic E-state index is -1.51. The van der Waals surface area contributed by atoms with Crippen LogP contribution in [0.15, 0.2) is 0 Å². The molecule has 0 aromatic rings. The molecule has 0 radical (unpaired) electrons. The van der Waals surface area contributed by atoms with Crippen molar-refractivity contribution in [2.75, 3.05) is 0 Å². The SMILES string of the molecule is CC(C)(C)OC(=O)N[C@H](CC(C(=O)OC1CCCCC1)C(=O)OC1CCCCC1)C(=O)O. The summed E-state index contributed by atoms with van der Waals surface area (Å²) in [7, 11) is 0. The van der Waals surface area contributed by atoms with Crippen LogP contribution in [-0.4, -0.2) is 53.0 Å². The lowest BCUT2D eigenvalue weighted by atomic mass is 9.95. The maximum atomic E-state index is 12.9. The van der Waals surface area contributed by atoms with Gasteiger partial charge in [0.05, 0.1) is 0 Å². The molecule has 2 N–H and O–H groups in total. The van der Waals surface area contributed by atoms with Crippen LogP contribution >= 0.6 is 0 Å². The third kappa shape index (κ3) is 9.04. The summed E-state index contributed by atoms with van der Waals surface area (Å²) in [6.45, 7) is 4.94. The van der Waals surface area contributed by atoms with E-state index in [1.54, 1.807) is 20.8 Å². The van der Waals surface area contributed by atoms with Crippen LogP contribution in [0.2, 0.25) is 0 Å². The summed E-state index contributed by atoms with van der Waals surface area (Å²) in [5.74, 6) is -4.41. The van der Waals surface area contributed by atoms with Gasteiger partial charge in [-0.15, -0.1) is 0 Å². The van der Waals surface area contributed by atoms with Crippen LogP contribution in [0.25, 0.3) is 0 Å². The van der Waals surface area contributed by atoms with E-state index in [4.69, 9.17) is 14.2 Å². The number of carbonyl (C=O) groups excluding carboxylic acids is 3. The number of aliphatic carboxylic acids is 1. The van der Waals surface area contributed by atoms with Gasteiger partial charge in [0.15, 0.2) is 5.92 Å². The number of ether oxygens (including phenoxy) is 3. The van der Waals surface area contributed by atoms with Gasteiger partial charge in [0.25, 0.3) is 0 Å². The highest BCUT2D eigenvalue weighted by Crippen LogP contribution is 2.25. The number of carboxylic acid groups (broad SMARTS) is 1. The molecule has 9 nitrogen and oxygen atoms in total. The van der Waals surface area contributed by atoms with Gasteiger partial charge in [0.1, 0.15) is 23.9 Å². The Hall–Kier alpha value is -2.32. The molecule has 2 rings (SSSR count). The number of carbonyl (C=O) groups is 4. The minimum Gasteiger partial charge on any atom is -0.480 e. The molecule has 0 spiro atoms. The zero-order valence-electron chi connectivity index (χ0n) is 19.4. The van der Waals surface area contributed by atoms with Gasteiger partial charge >= 0.3 is 24.0 Å². The Bertz CT molecular complexity index is 627. The Morgan fingerprint density at radius 1 is 0.844 bits per heavy atom. The fourth-order valence-electron chi connectivity index (χ4n) is 4.05. The second kappa shape index (κ2) is 12.1. The third-order valence-electron chi connectivity index (χ3n) is 5.70. The van der Waals surface area contributed by atoms with Crippen molar-refractivity contribution >= 4 is 24.0 Å². The lowest BCUT2D eigenvalue weighted by molar-refractivity contribution is -0.170. The van der Waals surface area contributed by atoms with Crippen molar-refractivity contribution in [1.82, 2.24) is 5.32 Å². The van der Waals surface area contributed by atoms with E-state index in [1.165, 1.54) is 0 Å². The highest BCUT2D eigenvalue weighted by molar-refractivity contribution is 5.96. The fraction of sp³-hybridized carbons (Fsp3) is 0.826. The van der Waals surface area contributed by atoms with E-state index in [0.29, 0.717) is 25.7 Å². The normalized spacial score (nSPS) is 19.1. The molecule has 0 aromatic heterocycles. The van der Waals surface area contributed by atoms with Crippen LogP contribution in [0.3, 0.4) is 0 Å². The molecule has 0 saturated heterocycles. The van der Waals surface area contributed by atoms with Gasteiger partial charge in [-0.2, -0.15) is 0 Å². The van der Waals surface area contributed by atoms with Crippen molar-refractivity contribution in [1.29, 1.82) is 0 Å². The summed E-state index contributed by atoms with van der Waals surface area (Å²) in [6, 6.07) is -1.51. The van der Waals surface area contributed by atoms with Gasteiger partial charge in [-0.1, -0.05) is 12.8 Å². The number of amides is 1. The highest BCUT2D eigenvalue weighted by atomic mass is 16.6. The first-order valence-electron chi connectivity index (χ1n) is 11.7. The second-order valence-corrected chi connectivity index (χ2v) is 9.72. The molecule has 0 unspecified atom stereocenters. The van der Waals surface area contributed by atoms with Crippen molar-refractivity contribution < 1.29 is 38.5 Å². The van der Waals surface area contributed by atoms with Crippen LogP contribution in [-0.2, 0) is 28.6 Å². The molecule has 32 heavy (non-hydrogen) atoms. The Labute approximate surface area is 189 Å². The maximum Gasteiger partial charge on any atom is 0.408 e. The van der Waals surface area contributed by atoms with E-state index < -0.39 is 48.0 Å². The molecular formula is C23H37NO8. The average molecular weight is 456 g/mol. The fourth-order valence-corrected chi connectivity index (χ4v) is 4.05. The van der Waals surface area contributed by atoms with Gasteiger partial charge in [0.2, 0.25) is 0 Å². The average Bonchev–Trinajstić information content (AvgIpc) is 2.70. The first-order chi connectivity index (χ1) is 15.0. The summed E-state index contributed by atoms with van der Waals surface area (Å²) < 4.78 is 16.2. The summed E-state index contributed by atoms with van der Waals surface area (Å²) in [5.41, 5.74) is -0.827. The molecular weight excluding hydrogens is 418 g/mol. The molecule has 0 heterocycles. The van der Waals surface area contributed by atoms with E-state index in [9.17, 15) is 24.3 Å². The number of esters is 2. The first kappa shape index (κ1) is 25.9. The molecule has 9 heteroatoms. The minimum absolute atomic E-state index is 0.289. The van der Waals surface area contributed by atoms with E-state index >= 15 is 0 Å². The Kier molecular flexibility index (Phi) is 9.78. The number of hydrogen-bond donors (Lipinski definition) is 2. The number of alkyl carbamates (subject to hydrolysis) is 1. The smallest absolute Gasteiger partial charge is 0.408 e. The first-order valence-corrected chi connectivity index (χ1v) is 11.7. The lowest BCUT2D eigenvalue weighted by Gasteiger charge is -2.28. The number of rotatable bonds is 8. The predicted octanol–water partition coefficient (Wildman–Crippen LogP) is 3.72. The van der Waals surface area contributed by atoms with Gasteiger partial charge < -0.3 is 24.6 Å². The zero-order chi connectivity index (χ0) is 23.7. The summed E-state index contributed by atoms with van der Waals surface area (Å²) in [4.78, 5) is 49.7. The Morgan fingerprint density at radius 3 is 1.66 bits per heavy atom. The van der Waals surface area contributed by atoms with E-state index in [2.05, 4.69) is 5.32 Å². The molecule has 0 aromatic carbocycles. The van der Waals surface area contributed by atoms with E-state index in [1.807, 2.05) is 0 Å². The van der Waals surface area contributed by atoms with Gasteiger partial charge in [-0.3, -0.25) is 9.59 Å². The number of hydrogen-bond acceptors (Lipinski definition) is 7. The largest absolute Gasteiger partial charge is 0.480 e. The van der Waals surface area contributed by atoms with Crippen LogP contribution in [0.1, 0.15) is 91.4 Å². The Morgan fingerprint density at radius 2 is 1.28 bits per heavy atom. The van der Waals surface area contributed by atoms with Gasteiger partial charge in [-0.25, -0.2) is 9.59 Å². The van der Waals surface area contributed by atoms with Crippen molar-refractivity contribution in [3.05, 3.63) is 0 Å². The molecule has 1 amide bonds. The van der Waals surface area contributed by atoms with Crippen molar-refractivity contribution in [3.63, 3.8) is 0 Å². The lowest BCUT2D eigenvalue weighted by Crippen LogP contribution is -2.47. The number of carboxylic acids is 1. The standard InChI is InChI=1S/C23H37NO8/c1-23(2,3)32-22(29)24-18(19(25)26)14-17(20(27)30-15-10-6-4-7-11-15)21(28)31-16-12-8-5-9-13-16/h15-18H,4-14H2,1-3H3,(H,24,29)(H,25,26)/t18-/m1/s1. The number of nitrogens with one attached hydrogen (secondary N) is 1. The summed E-state index contributed by atoms with van der Waals surface area (Å²) in [6.07, 6.45) is 6.78. The van der Waals surface area contributed by atoms with E-state index in [-0.39, 0.29) is 12.2 Å². The Balaban J connectivity index is 2.10. The molecule has 0 aliphatic heterocycles. The predicted molar refractivity (Wildman–Crippen MR) is 115 cm³/mol. The molecule has 182 valence electrons. The highest BCUT2D eigenvalue weighted by Gasteiger charge is 2.38. The molecule has 1 atom stereocenters. The van der Waals surface area contributed by atoms with Gasteiger partial charge in [-0.05, 0) is 72.1 Å². The zero-order valence-corrected chi connectivity index (χ0v) is 19.4. The van der Waals surface area contributed by atoms with Crippen molar-refractivity contribution in [3.8, 4) is 0 Å². The van der Waals surface area contributed by atoms with Gasteiger partial charge in [0, 0.05) is 6.42 Å². The molecule has 2 fully saturated rings. The van der Waals surface area contributed by atoms with Crippen molar-refractivity contribution in [2.24, 2.45) is 5.92 Å². The molecule has 2 aliphatic carbocycles. The van der Waals surface area contributed by atoms with E-state index in [0.717, 1.165) is 38.5 Å². The van der Waals surface area contributed by atoms with Crippen LogP contribution < -0.4 is 5.32 Å². The monoisotopic (exact) mass is 455 g/mol. The second-order valence-electron chi connectivity index (χ2n) is 9.72. The van der Waals surface area contributed by atoms with Crippen molar-refractivity contribution in [2.45, 2.75) is 115 Å². The van der Waals surface area contributed by atoms with Crippen LogP contribution in [0, 0.1) is 5.92 Å². The topological polar surface area (TPSA) is 128 Å². The maximum absolute atomic E-state index is 12.9. The molecule has 0 bridgehead atoms. The summed E-state index contributed by atoms with van der Waals surface area (Å²) in [5, 5.41) is 11.8. The third-order valence-corrected chi connectivity index (χ3v) is 5.70. The molecule has 2 aliphatic rings. The quantitative estimate of drug-likeness (QED) is 0.322.